The largest absolute Gasteiger partial charge is 0.535 e. The van der Waals surface area contributed by atoms with Gasteiger partial charge in [-0.25, -0.2) is 4.79 Å². The van der Waals surface area contributed by atoms with Gasteiger partial charge in [0, 0.05) is 35.5 Å². The van der Waals surface area contributed by atoms with Crippen molar-refractivity contribution < 1.29 is 24.4 Å². The van der Waals surface area contributed by atoms with Crippen LogP contribution in [0, 0.1) is 0 Å². The Morgan fingerprint density at radius 1 is 1.40 bits per heavy atom. The minimum absolute atomic E-state index is 0.0618. The molecule has 0 aliphatic carbocycles. The fourth-order valence-electron chi connectivity index (χ4n) is 3.01. The SMILES string of the molecule is CSCC(=O)C[C@H]1Cc2ccc(SC3CNC3)c(C(=O)O)c2OB1O. The van der Waals surface area contributed by atoms with Crippen molar-refractivity contribution in [2.75, 3.05) is 25.1 Å². The summed E-state index contributed by atoms with van der Waals surface area (Å²) in [7, 11) is -1.16. The number of carboxylic acid groups (broad SMARTS) is 1. The molecule has 2 aliphatic rings. The molecule has 2 heterocycles. The second-order valence-electron chi connectivity index (χ2n) is 6.28. The zero-order valence-electron chi connectivity index (χ0n) is 13.9. The fourth-order valence-corrected chi connectivity index (χ4v) is 4.66. The van der Waals surface area contributed by atoms with E-state index in [1.54, 1.807) is 0 Å². The second kappa shape index (κ2) is 8.03. The Labute approximate surface area is 155 Å². The third-order valence-electron chi connectivity index (χ3n) is 4.37. The average molecular weight is 381 g/mol. The van der Waals surface area contributed by atoms with Gasteiger partial charge in [0.25, 0.3) is 0 Å². The molecular weight excluding hydrogens is 361 g/mol. The van der Waals surface area contributed by atoms with E-state index in [0.717, 1.165) is 18.7 Å². The van der Waals surface area contributed by atoms with Gasteiger partial charge in [-0.15, -0.1) is 11.8 Å². The lowest BCUT2D eigenvalue weighted by Crippen LogP contribution is -2.44. The maximum Gasteiger partial charge on any atom is 0.526 e. The maximum absolute atomic E-state index is 11.9. The van der Waals surface area contributed by atoms with Gasteiger partial charge in [0.15, 0.2) is 0 Å². The molecule has 0 spiro atoms. The monoisotopic (exact) mass is 381 g/mol. The highest BCUT2D eigenvalue weighted by molar-refractivity contribution is 8.00. The van der Waals surface area contributed by atoms with Crippen molar-refractivity contribution in [1.29, 1.82) is 0 Å². The summed E-state index contributed by atoms with van der Waals surface area (Å²) in [4.78, 5) is 24.3. The maximum atomic E-state index is 11.9. The van der Waals surface area contributed by atoms with E-state index >= 15 is 0 Å². The number of aromatic carboxylic acids is 1. The van der Waals surface area contributed by atoms with Crippen molar-refractivity contribution in [2.24, 2.45) is 0 Å². The molecule has 3 rings (SSSR count). The van der Waals surface area contributed by atoms with Gasteiger partial charge < -0.3 is 20.1 Å². The van der Waals surface area contributed by atoms with Crippen LogP contribution >= 0.6 is 23.5 Å². The van der Waals surface area contributed by atoms with Gasteiger partial charge in [-0.1, -0.05) is 6.07 Å². The quantitative estimate of drug-likeness (QED) is 0.613. The van der Waals surface area contributed by atoms with Crippen molar-refractivity contribution >= 4 is 42.4 Å². The topological polar surface area (TPSA) is 95.9 Å². The Balaban J connectivity index is 1.84. The van der Waals surface area contributed by atoms with E-state index in [1.165, 1.54) is 23.5 Å². The standard InChI is InChI=1S/C16H20BNO5S2/c1-24-8-11(19)5-10-4-9-2-3-13(25-12-6-18-7-12)14(16(20)21)15(9)23-17(10)22/h2-3,10,12,18,22H,4-8H2,1H3,(H,20,21)/t10-/m1/s1. The van der Waals surface area contributed by atoms with Crippen LogP contribution in [0.5, 0.6) is 5.75 Å². The molecule has 1 aromatic carbocycles. The zero-order valence-corrected chi connectivity index (χ0v) is 15.5. The smallest absolute Gasteiger partial charge is 0.526 e. The van der Waals surface area contributed by atoms with E-state index < -0.39 is 13.1 Å². The first kappa shape index (κ1) is 18.6. The minimum atomic E-state index is -1.16. The summed E-state index contributed by atoms with van der Waals surface area (Å²) in [5, 5.41) is 23.4. The highest BCUT2D eigenvalue weighted by Gasteiger charge is 2.38. The molecule has 9 heteroatoms. The van der Waals surface area contributed by atoms with E-state index in [0.29, 0.717) is 22.3 Å². The lowest BCUT2D eigenvalue weighted by atomic mass is 9.64. The molecule has 0 unspecified atom stereocenters. The Hall–Kier alpha value is -1.16. The van der Waals surface area contributed by atoms with Crippen LogP contribution < -0.4 is 9.97 Å². The summed E-state index contributed by atoms with van der Waals surface area (Å²) in [6.45, 7) is 1.70. The molecule has 0 radical (unpaired) electrons. The second-order valence-corrected chi connectivity index (χ2v) is 8.49. The summed E-state index contributed by atoms with van der Waals surface area (Å²) in [6.07, 6.45) is 2.53. The number of fused-ring (bicyclic) bond motifs is 1. The number of carbonyl (C=O) groups is 2. The molecule has 134 valence electrons. The van der Waals surface area contributed by atoms with Gasteiger partial charge >= 0.3 is 13.1 Å². The van der Waals surface area contributed by atoms with Gasteiger partial charge in [-0.2, -0.15) is 11.8 Å². The van der Waals surface area contributed by atoms with E-state index in [4.69, 9.17) is 4.65 Å². The van der Waals surface area contributed by atoms with Crippen LogP contribution in [-0.4, -0.2) is 59.3 Å². The normalized spacial score (nSPS) is 19.8. The molecular formula is C16H20BNO5S2. The minimum Gasteiger partial charge on any atom is -0.535 e. The van der Waals surface area contributed by atoms with Gasteiger partial charge in [-0.05, 0) is 24.3 Å². The van der Waals surface area contributed by atoms with Crippen molar-refractivity contribution in [2.45, 2.75) is 28.8 Å². The van der Waals surface area contributed by atoms with Crippen LogP contribution in [-0.2, 0) is 11.2 Å². The van der Waals surface area contributed by atoms with Crippen molar-refractivity contribution in [1.82, 2.24) is 5.32 Å². The summed E-state index contributed by atoms with van der Waals surface area (Å²) in [5.41, 5.74) is 0.850. The number of ketones is 1. The lowest BCUT2D eigenvalue weighted by molar-refractivity contribution is -0.116. The molecule has 25 heavy (non-hydrogen) atoms. The first-order valence-electron chi connectivity index (χ1n) is 8.11. The Morgan fingerprint density at radius 2 is 2.16 bits per heavy atom. The van der Waals surface area contributed by atoms with Gasteiger partial charge in [0.1, 0.15) is 17.1 Å². The van der Waals surface area contributed by atoms with Gasteiger partial charge in [0.2, 0.25) is 0 Å². The fraction of sp³-hybridized carbons (Fsp3) is 0.500. The molecule has 6 nitrogen and oxygen atoms in total. The van der Waals surface area contributed by atoms with Gasteiger partial charge in [-0.3, -0.25) is 4.79 Å². The molecule has 1 saturated heterocycles. The number of hydrogen-bond acceptors (Lipinski definition) is 7. The highest BCUT2D eigenvalue weighted by atomic mass is 32.2. The van der Waals surface area contributed by atoms with E-state index in [-0.39, 0.29) is 29.3 Å². The van der Waals surface area contributed by atoms with Gasteiger partial charge in [0.05, 0.1) is 5.75 Å². The zero-order chi connectivity index (χ0) is 18.0. The molecule has 0 saturated carbocycles. The third kappa shape index (κ3) is 4.16. The summed E-state index contributed by atoms with van der Waals surface area (Å²) in [5.74, 6) is -0.696. The van der Waals surface area contributed by atoms with Crippen LogP contribution in [0.25, 0.3) is 0 Å². The van der Waals surface area contributed by atoms with Crippen LogP contribution in [0.15, 0.2) is 17.0 Å². The number of thioether (sulfide) groups is 2. The number of carbonyl (C=O) groups excluding carboxylic acids is 1. The summed E-state index contributed by atoms with van der Waals surface area (Å²) < 4.78 is 5.58. The Morgan fingerprint density at radius 3 is 2.76 bits per heavy atom. The number of Topliss-reactive ketones (excluding diaryl/α,β-unsaturated/α-hetero) is 1. The molecule has 0 amide bonds. The average Bonchev–Trinajstić information content (AvgIpc) is 2.51. The van der Waals surface area contributed by atoms with Crippen molar-refractivity contribution in [3.8, 4) is 5.75 Å². The molecule has 3 N–H and O–H groups in total. The van der Waals surface area contributed by atoms with Crippen LogP contribution in [0.3, 0.4) is 0 Å². The van der Waals surface area contributed by atoms with Crippen LogP contribution in [0.2, 0.25) is 5.82 Å². The predicted octanol–water partition coefficient (Wildman–Crippen LogP) is 1.56. The molecule has 2 aliphatic heterocycles. The first-order chi connectivity index (χ1) is 12.0. The van der Waals surface area contributed by atoms with E-state index in [1.807, 2.05) is 18.4 Å². The van der Waals surface area contributed by atoms with E-state index in [2.05, 4.69) is 5.32 Å². The Kier molecular flexibility index (Phi) is 5.98. The lowest BCUT2D eigenvalue weighted by Gasteiger charge is -2.30. The first-order valence-corrected chi connectivity index (χ1v) is 10.4. The number of nitrogens with one attached hydrogen (secondary N) is 1. The molecule has 1 atom stereocenters. The van der Waals surface area contributed by atoms with Crippen LogP contribution in [0.4, 0.5) is 0 Å². The number of rotatable bonds is 7. The number of benzene rings is 1. The highest BCUT2D eigenvalue weighted by Crippen LogP contribution is 2.41. The third-order valence-corrected chi connectivity index (χ3v) is 6.24. The molecule has 0 bridgehead atoms. The van der Waals surface area contributed by atoms with Crippen molar-refractivity contribution in [3.05, 3.63) is 23.3 Å². The molecule has 1 aromatic rings. The summed E-state index contributed by atoms with van der Waals surface area (Å²) >= 11 is 2.96. The van der Waals surface area contributed by atoms with Crippen molar-refractivity contribution in [3.63, 3.8) is 0 Å². The molecule has 1 fully saturated rings. The predicted molar refractivity (Wildman–Crippen MR) is 100.0 cm³/mol. The Bertz CT molecular complexity index is 683. The molecule has 0 aromatic heterocycles. The van der Waals surface area contributed by atoms with E-state index in [9.17, 15) is 19.7 Å². The number of hydrogen-bond donors (Lipinski definition) is 3. The van der Waals surface area contributed by atoms with Crippen LogP contribution in [0.1, 0.15) is 22.3 Å². The number of carboxylic acids is 1. The summed E-state index contributed by atoms with van der Waals surface area (Å²) in [6, 6.07) is 3.67.